The maximum Gasteiger partial charge on any atom is 0.317 e. The lowest BCUT2D eigenvalue weighted by molar-refractivity contribution is -0.237. The van der Waals surface area contributed by atoms with E-state index in [1.54, 1.807) is 7.11 Å². The first kappa shape index (κ1) is 15.4. The van der Waals surface area contributed by atoms with Gasteiger partial charge < -0.3 is 14.2 Å². The zero-order chi connectivity index (χ0) is 15.1. The van der Waals surface area contributed by atoms with E-state index in [9.17, 15) is 9.59 Å². The molecule has 0 spiro atoms. The summed E-state index contributed by atoms with van der Waals surface area (Å²) in [5.41, 5.74) is -1.20. The van der Waals surface area contributed by atoms with Gasteiger partial charge >= 0.3 is 5.97 Å². The number of rotatable bonds is 2. The van der Waals surface area contributed by atoms with Gasteiger partial charge in [0.25, 0.3) is 0 Å². The number of hydrogen-bond acceptors (Lipinski definition) is 5. The van der Waals surface area contributed by atoms with E-state index in [2.05, 4.69) is 0 Å². The van der Waals surface area contributed by atoms with E-state index in [0.29, 0.717) is 6.42 Å². The van der Waals surface area contributed by atoms with Gasteiger partial charge in [0, 0.05) is 19.4 Å². The standard InChI is InChI=1S/C15H24O5/c1-14(2,3)20-13(17)12-9-6-7-11(18-5)19-15(9,4)8-10(12)16/h9,11-12H,6-8H2,1-5H3/t9-,11+,12-,15+/m1/s1. The van der Waals surface area contributed by atoms with Crippen molar-refractivity contribution in [3.05, 3.63) is 0 Å². The van der Waals surface area contributed by atoms with Crippen molar-refractivity contribution < 1.29 is 23.8 Å². The highest BCUT2D eigenvalue weighted by molar-refractivity contribution is 6.02. The summed E-state index contributed by atoms with van der Waals surface area (Å²) in [4.78, 5) is 24.5. The van der Waals surface area contributed by atoms with Crippen LogP contribution in [0.15, 0.2) is 0 Å². The third-order valence-corrected chi connectivity index (χ3v) is 4.10. The van der Waals surface area contributed by atoms with Crippen LogP contribution in [0, 0.1) is 11.8 Å². The highest BCUT2D eigenvalue weighted by Crippen LogP contribution is 2.48. The van der Waals surface area contributed by atoms with Crippen LogP contribution in [-0.4, -0.2) is 36.4 Å². The zero-order valence-electron chi connectivity index (χ0n) is 12.9. The Morgan fingerprint density at radius 3 is 2.55 bits per heavy atom. The number of carbonyl (C=O) groups is 2. The molecule has 0 N–H and O–H groups in total. The fraction of sp³-hybridized carbons (Fsp3) is 0.867. The topological polar surface area (TPSA) is 61.8 Å². The molecule has 20 heavy (non-hydrogen) atoms. The minimum absolute atomic E-state index is 0.0801. The molecule has 0 aromatic heterocycles. The van der Waals surface area contributed by atoms with Crippen molar-refractivity contribution in [1.82, 2.24) is 0 Å². The van der Waals surface area contributed by atoms with E-state index < -0.39 is 23.1 Å². The van der Waals surface area contributed by atoms with Crippen LogP contribution in [0.5, 0.6) is 0 Å². The van der Waals surface area contributed by atoms with E-state index in [4.69, 9.17) is 14.2 Å². The molecule has 4 atom stereocenters. The molecule has 1 saturated carbocycles. The van der Waals surface area contributed by atoms with Crippen molar-refractivity contribution >= 4 is 11.8 Å². The summed E-state index contributed by atoms with van der Waals surface area (Å²) >= 11 is 0. The van der Waals surface area contributed by atoms with Crippen LogP contribution >= 0.6 is 0 Å². The minimum Gasteiger partial charge on any atom is -0.459 e. The van der Waals surface area contributed by atoms with Crippen LogP contribution in [0.2, 0.25) is 0 Å². The average Bonchev–Trinajstić information content (AvgIpc) is 2.55. The normalized spacial score (nSPS) is 37.6. The predicted molar refractivity (Wildman–Crippen MR) is 72.0 cm³/mol. The fourth-order valence-corrected chi connectivity index (χ4v) is 3.27. The molecular weight excluding hydrogens is 260 g/mol. The molecule has 0 amide bonds. The Bertz CT molecular complexity index is 411. The first-order valence-corrected chi connectivity index (χ1v) is 7.12. The Labute approximate surface area is 120 Å². The van der Waals surface area contributed by atoms with Gasteiger partial charge in [0.05, 0.1) is 5.60 Å². The van der Waals surface area contributed by atoms with Crippen molar-refractivity contribution in [3.8, 4) is 0 Å². The van der Waals surface area contributed by atoms with Gasteiger partial charge in [0.1, 0.15) is 17.3 Å². The van der Waals surface area contributed by atoms with Crippen molar-refractivity contribution in [1.29, 1.82) is 0 Å². The SMILES string of the molecule is CO[C@@H]1CC[C@@H]2[C@@H](C(=O)OC(C)(C)C)C(=O)C[C@]2(C)O1. The second-order valence-corrected chi connectivity index (χ2v) is 6.93. The van der Waals surface area contributed by atoms with Crippen molar-refractivity contribution in [2.75, 3.05) is 7.11 Å². The van der Waals surface area contributed by atoms with Crippen LogP contribution in [0.1, 0.15) is 47.0 Å². The Morgan fingerprint density at radius 1 is 1.35 bits per heavy atom. The Hall–Kier alpha value is -0.940. The Balaban J connectivity index is 2.16. The molecule has 0 radical (unpaired) electrons. The predicted octanol–water partition coefficient (Wildman–Crippen LogP) is 2.07. The van der Waals surface area contributed by atoms with Gasteiger partial charge in [-0.3, -0.25) is 9.59 Å². The summed E-state index contributed by atoms with van der Waals surface area (Å²) in [5.74, 6) is -1.31. The quantitative estimate of drug-likeness (QED) is 0.574. The maximum atomic E-state index is 12.3. The summed E-state index contributed by atoms with van der Waals surface area (Å²) in [5, 5.41) is 0. The number of hydrogen-bond donors (Lipinski definition) is 0. The van der Waals surface area contributed by atoms with Gasteiger partial charge in [-0.2, -0.15) is 0 Å². The Kier molecular flexibility index (Phi) is 3.95. The highest BCUT2D eigenvalue weighted by Gasteiger charge is 2.57. The van der Waals surface area contributed by atoms with E-state index in [-0.39, 0.29) is 24.4 Å². The van der Waals surface area contributed by atoms with Crippen molar-refractivity contribution in [3.63, 3.8) is 0 Å². The summed E-state index contributed by atoms with van der Waals surface area (Å²) in [7, 11) is 1.59. The summed E-state index contributed by atoms with van der Waals surface area (Å²) < 4.78 is 16.5. The maximum absolute atomic E-state index is 12.3. The molecule has 0 aromatic rings. The number of methoxy groups -OCH3 is 1. The summed E-state index contributed by atoms with van der Waals surface area (Å²) in [6.45, 7) is 7.32. The van der Waals surface area contributed by atoms with Crippen LogP contribution in [-0.2, 0) is 23.8 Å². The molecule has 114 valence electrons. The van der Waals surface area contributed by atoms with E-state index in [1.807, 2.05) is 27.7 Å². The minimum atomic E-state index is -0.697. The molecule has 2 fully saturated rings. The van der Waals surface area contributed by atoms with E-state index in [1.165, 1.54) is 0 Å². The van der Waals surface area contributed by atoms with Crippen LogP contribution in [0.4, 0.5) is 0 Å². The van der Waals surface area contributed by atoms with Gasteiger partial charge in [-0.1, -0.05) is 0 Å². The third kappa shape index (κ3) is 2.88. The number of fused-ring (bicyclic) bond motifs is 1. The molecule has 0 unspecified atom stereocenters. The number of Topliss-reactive ketones (excluding diaryl/α,β-unsaturated/α-hetero) is 1. The Morgan fingerprint density at radius 2 is 2.00 bits per heavy atom. The van der Waals surface area contributed by atoms with Crippen LogP contribution in [0.3, 0.4) is 0 Å². The highest BCUT2D eigenvalue weighted by atomic mass is 16.7. The molecular formula is C15H24O5. The molecule has 5 heteroatoms. The lowest BCUT2D eigenvalue weighted by Crippen LogP contribution is -2.46. The smallest absolute Gasteiger partial charge is 0.317 e. The van der Waals surface area contributed by atoms with Crippen LogP contribution < -0.4 is 0 Å². The second-order valence-electron chi connectivity index (χ2n) is 6.93. The lowest BCUT2D eigenvalue weighted by atomic mass is 9.81. The molecule has 0 bridgehead atoms. The molecule has 1 aliphatic heterocycles. The zero-order valence-corrected chi connectivity index (χ0v) is 12.9. The number of esters is 1. The first-order valence-electron chi connectivity index (χ1n) is 7.12. The van der Waals surface area contributed by atoms with Gasteiger partial charge in [-0.25, -0.2) is 0 Å². The summed E-state index contributed by atoms with van der Waals surface area (Å²) in [6, 6.07) is 0. The third-order valence-electron chi connectivity index (χ3n) is 4.10. The van der Waals surface area contributed by atoms with E-state index >= 15 is 0 Å². The largest absolute Gasteiger partial charge is 0.459 e. The molecule has 2 aliphatic rings. The van der Waals surface area contributed by atoms with Crippen molar-refractivity contribution in [2.45, 2.75) is 64.4 Å². The molecule has 1 heterocycles. The summed E-state index contributed by atoms with van der Waals surface area (Å²) in [6.07, 6.45) is 1.40. The molecule has 0 aromatic carbocycles. The van der Waals surface area contributed by atoms with Gasteiger partial charge in [0.15, 0.2) is 6.29 Å². The molecule has 5 nitrogen and oxygen atoms in total. The van der Waals surface area contributed by atoms with Gasteiger partial charge in [-0.15, -0.1) is 0 Å². The van der Waals surface area contributed by atoms with E-state index in [0.717, 1.165) is 6.42 Å². The van der Waals surface area contributed by atoms with Crippen LogP contribution in [0.25, 0.3) is 0 Å². The molecule has 2 rings (SSSR count). The number of carbonyl (C=O) groups excluding carboxylic acids is 2. The molecule has 1 aliphatic carbocycles. The average molecular weight is 284 g/mol. The number of ketones is 1. The lowest BCUT2D eigenvalue weighted by Gasteiger charge is -2.40. The van der Waals surface area contributed by atoms with Crippen molar-refractivity contribution in [2.24, 2.45) is 11.8 Å². The first-order chi connectivity index (χ1) is 9.16. The number of ether oxygens (including phenoxy) is 3. The fourth-order valence-electron chi connectivity index (χ4n) is 3.27. The monoisotopic (exact) mass is 284 g/mol. The second kappa shape index (κ2) is 5.11. The molecule has 1 saturated heterocycles. The van der Waals surface area contributed by atoms with Gasteiger partial charge in [-0.05, 0) is 40.5 Å². The van der Waals surface area contributed by atoms with Gasteiger partial charge in [0.2, 0.25) is 0 Å².